The minimum atomic E-state index is -0.535. The van der Waals surface area contributed by atoms with E-state index in [-0.39, 0.29) is 36.6 Å². The smallest absolute Gasteiger partial charge is 0.242 e. The number of imidazole rings is 1. The van der Waals surface area contributed by atoms with Crippen LogP contribution in [0.15, 0.2) is 53.2 Å². The van der Waals surface area contributed by atoms with Crippen molar-refractivity contribution in [3.05, 3.63) is 54.5 Å². The van der Waals surface area contributed by atoms with Gasteiger partial charge in [-0.1, -0.05) is 49.3 Å². The maximum absolute atomic E-state index is 13.6. The van der Waals surface area contributed by atoms with Crippen molar-refractivity contribution >= 4 is 28.6 Å². The van der Waals surface area contributed by atoms with Gasteiger partial charge >= 0.3 is 0 Å². The normalized spacial score (nSPS) is 21.2. The number of H-pyrrole nitrogens is 1. The average molecular weight is 600 g/mol. The third-order valence-corrected chi connectivity index (χ3v) is 8.75. The largest absolute Gasteiger partial charge is 0.354 e. The van der Waals surface area contributed by atoms with Crippen molar-refractivity contribution in [3.63, 3.8) is 0 Å². The second-order valence-corrected chi connectivity index (χ2v) is 12.0. The molecule has 3 aliphatic rings. The Morgan fingerprint density at radius 1 is 1.02 bits per heavy atom. The van der Waals surface area contributed by atoms with Gasteiger partial charge in [0.2, 0.25) is 18.2 Å². The van der Waals surface area contributed by atoms with E-state index in [2.05, 4.69) is 43.2 Å². The lowest BCUT2D eigenvalue weighted by atomic mass is 10.0. The number of aromatic amines is 1. The Bertz CT molecular complexity index is 1640. The number of likely N-dealkylation sites (tertiary alicyclic amines) is 1. The van der Waals surface area contributed by atoms with Gasteiger partial charge in [0.15, 0.2) is 18.2 Å². The van der Waals surface area contributed by atoms with E-state index in [4.69, 9.17) is 14.0 Å². The molecule has 0 bridgehead atoms. The molecule has 2 aromatic heterocycles. The highest BCUT2D eigenvalue weighted by molar-refractivity contribution is 6.02. The molecule has 7 rings (SSSR count). The lowest BCUT2D eigenvalue weighted by Crippen LogP contribution is -2.56. The molecule has 3 fully saturated rings. The predicted molar refractivity (Wildman–Crippen MR) is 163 cm³/mol. The topological polar surface area (TPSA) is 147 Å². The molecule has 5 heterocycles. The number of aromatic nitrogens is 3. The van der Waals surface area contributed by atoms with E-state index >= 15 is 0 Å². The molecule has 0 radical (unpaired) electrons. The van der Waals surface area contributed by atoms with E-state index in [1.54, 1.807) is 0 Å². The molecule has 44 heavy (non-hydrogen) atoms. The number of nitrogens with one attached hydrogen (secondary N) is 4. The number of anilines is 1. The first-order valence-electron chi connectivity index (χ1n) is 15.3. The predicted octanol–water partition coefficient (Wildman–Crippen LogP) is 4.14. The maximum atomic E-state index is 13.6. The van der Waals surface area contributed by atoms with Crippen LogP contribution in [0, 0.1) is 5.92 Å². The van der Waals surface area contributed by atoms with Crippen molar-refractivity contribution in [2.24, 2.45) is 5.92 Å². The number of carbonyl (C=O) groups is 2. The van der Waals surface area contributed by atoms with Crippen LogP contribution in [0.1, 0.15) is 51.4 Å². The molecule has 2 amide bonds. The second-order valence-electron chi connectivity index (χ2n) is 12.0. The highest BCUT2D eigenvalue weighted by Crippen LogP contribution is 2.34. The van der Waals surface area contributed by atoms with Crippen LogP contribution in [0.4, 0.5) is 5.82 Å². The SMILES string of the molecule is CC(C)[C@@H](NC1OCO1)C(=O)N1CCC[C@H]1c1ncc(-c2ccc(-c3ccc4c(NC(=O)[C@@H]5CCCN5)noc4c3)cc2)[nH]1. The minimum absolute atomic E-state index is 0.0351. The van der Waals surface area contributed by atoms with Crippen molar-refractivity contribution in [2.45, 2.75) is 64.1 Å². The highest BCUT2D eigenvalue weighted by atomic mass is 16.9. The summed E-state index contributed by atoms with van der Waals surface area (Å²) in [6.07, 6.45) is 4.88. The van der Waals surface area contributed by atoms with Crippen molar-refractivity contribution < 1.29 is 23.6 Å². The molecule has 3 aliphatic heterocycles. The Balaban J connectivity index is 1.04. The lowest BCUT2D eigenvalue weighted by Gasteiger charge is -2.35. The summed E-state index contributed by atoms with van der Waals surface area (Å²) in [5, 5.41) is 14.1. The summed E-state index contributed by atoms with van der Waals surface area (Å²) in [6, 6.07) is 13.4. The molecular formula is C32H37N7O5. The zero-order valence-corrected chi connectivity index (χ0v) is 24.8. The number of nitrogens with zero attached hydrogens (tertiary/aromatic N) is 3. The van der Waals surface area contributed by atoms with E-state index < -0.39 is 12.5 Å². The van der Waals surface area contributed by atoms with Crippen LogP contribution in [0.5, 0.6) is 0 Å². The van der Waals surface area contributed by atoms with Gasteiger partial charge in [0.1, 0.15) is 5.82 Å². The summed E-state index contributed by atoms with van der Waals surface area (Å²) in [7, 11) is 0. The van der Waals surface area contributed by atoms with E-state index in [1.807, 2.05) is 55.3 Å². The van der Waals surface area contributed by atoms with Gasteiger partial charge in [0.25, 0.3) is 0 Å². The van der Waals surface area contributed by atoms with Gasteiger partial charge in [-0.3, -0.25) is 14.9 Å². The fraction of sp³-hybridized carbons (Fsp3) is 0.438. The number of fused-ring (bicyclic) bond motifs is 1. The summed E-state index contributed by atoms with van der Waals surface area (Å²) >= 11 is 0. The van der Waals surface area contributed by atoms with E-state index in [1.165, 1.54) is 0 Å². The van der Waals surface area contributed by atoms with Crippen LogP contribution < -0.4 is 16.0 Å². The third-order valence-electron chi connectivity index (χ3n) is 8.75. The standard InChI is InChI=1S/C32H37N7O5/c1-18(2)27(36-32-42-17-43-32)31(41)39-14-4-6-25(39)29-34-16-24(35-29)20-9-7-19(8-10-20)21-11-12-22-26(15-21)44-38-28(22)37-30(40)23-5-3-13-33-23/h7-12,15-16,18,23,25,27,32-33,36H,3-6,13-14,17H2,1-2H3,(H,34,35)(H,37,38,40)/t23-,25-,27+/m0/s1. The summed E-state index contributed by atoms with van der Waals surface area (Å²) < 4.78 is 16.2. The molecule has 4 aromatic rings. The Morgan fingerprint density at radius 3 is 2.55 bits per heavy atom. The maximum Gasteiger partial charge on any atom is 0.242 e. The summed E-state index contributed by atoms with van der Waals surface area (Å²) in [4.78, 5) is 36.2. The van der Waals surface area contributed by atoms with Crippen molar-refractivity contribution in [1.29, 1.82) is 0 Å². The third kappa shape index (κ3) is 5.61. The van der Waals surface area contributed by atoms with Gasteiger partial charge in [-0.2, -0.15) is 0 Å². The van der Waals surface area contributed by atoms with Crippen LogP contribution >= 0.6 is 0 Å². The molecule has 4 N–H and O–H groups in total. The summed E-state index contributed by atoms with van der Waals surface area (Å²) in [5.74, 6) is 1.26. The van der Waals surface area contributed by atoms with E-state index in [9.17, 15) is 9.59 Å². The van der Waals surface area contributed by atoms with Gasteiger partial charge in [0, 0.05) is 6.54 Å². The Hall–Kier alpha value is -4.10. The van der Waals surface area contributed by atoms with Crippen molar-refractivity contribution in [3.8, 4) is 22.4 Å². The molecule has 2 aromatic carbocycles. The van der Waals surface area contributed by atoms with Crippen LogP contribution in [0.3, 0.4) is 0 Å². The zero-order valence-electron chi connectivity index (χ0n) is 24.8. The number of hydrogen-bond donors (Lipinski definition) is 4. The fourth-order valence-corrected chi connectivity index (χ4v) is 6.24. The van der Waals surface area contributed by atoms with Gasteiger partial charge in [-0.25, -0.2) is 4.98 Å². The molecule has 12 nitrogen and oxygen atoms in total. The monoisotopic (exact) mass is 599 g/mol. The molecule has 0 unspecified atom stereocenters. The molecule has 0 saturated carbocycles. The lowest BCUT2D eigenvalue weighted by molar-refractivity contribution is -0.335. The number of rotatable bonds is 9. The van der Waals surface area contributed by atoms with Gasteiger partial charge < -0.3 is 34.5 Å². The quantitative estimate of drug-likeness (QED) is 0.223. The van der Waals surface area contributed by atoms with E-state index in [0.717, 1.165) is 65.8 Å². The van der Waals surface area contributed by atoms with Gasteiger partial charge in [-0.15, -0.1) is 0 Å². The number of hydrogen-bond acceptors (Lipinski definition) is 9. The first-order valence-corrected chi connectivity index (χ1v) is 15.3. The van der Waals surface area contributed by atoms with Crippen LogP contribution in [0.25, 0.3) is 33.4 Å². The number of carbonyl (C=O) groups excluding carboxylic acids is 2. The number of benzene rings is 2. The molecule has 3 atom stereocenters. The molecule has 230 valence electrons. The molecule has 3 saturated heterocycles. The molecule has 0 aliphatic carbocycles. The number of ether oxygens (including phenoxy) is 2. The van der Waals surface area contributed by atoms with Crippen LogP contribution in [-0.4, -0.2) is 70.2 Å². The first kappa shape index (κ1) is 28.7. The van der Waals surface area contributed by atoms with Gasteiger partial charge in [0.05, 0.1) is 35.4 Å². The van der Waals surface area contributed by atoms with Crippen molar-refractivity contribution in [1.82, 2.24) is 30.7 Å². The summed E-state index contributed by atoms with van der Waals surface area (Å²) in [6.45, 7) is 5.82. The summed E-state index contributed by atoms with van der Waals surface area (Å²) in [5.41, 5.74) is 4.50. The van der Waals surface area contributed by atoms with Crippen LogP contribution in [-0.2, 0) is 19.1 Å². The zero-order chi connectivity index (χ0) is 30.2. The van der Waals surface area contributed by atoms with Crippen molar-refractivity contribution in [2.75, 3.05) is 25.2 Å². The van der Waals surface area contributed by atoms with E-state index in [0.29, 0.717) is 17.9 Å². The molecular weight excluding hydrogens is 562 g/mol. The fourth-order valence-electron chi connectivity index (χ4n) is 6.24. The molecule has 0 spiro atoms. The first-order chi connectivity index (χ1) is 21.4. The van der Waals surface area contributed by atoms with Gasteiger partial charge in [-0.05, 0) is 67.0 Å². The highest BCUT2D eigenvalue weighted by Gasteiger charge is 2.38. The Kier molecular flexibility index (Phi) is 7.89. The second kappa shape index (κ2) is 12.1. The van der Waals surface area contributed by atoms with Crippen LogP contribution in [0.2, 0.25) is 0 Å². The Morgan fingerprint density at radius 2 is 1.82 bits per heavy atom. The number of amides is 2. The average Bonchev–Trinajstić information content (AvgIpc) is 3.83. The Labute approximate surface area is 254 Å². The molecule has 12 heteroatoms. The minimum Gasteiger partial charge on any atom is -0.354 e.